The van der Waals surface area contributed by atoms with E-state index in [1.165, 1.54) is 31.3 Å². The van der Waals surface area contributed by atoms with Gasteiger partial charge in [0.05, 0.1) is 16.3 Å². The summed E-state index contributed by atoms with van der Waals surface area (Å²) in [4.78, 5) is 0.0381. The highest BCUT2D eigenvalue weighted by Crippen LogP contribution is 2.23. The Morgan fingerprint density at radius 2 is 1.43 bits per heavy atom. The van der Waals surface area contributed by atoms with E-state index in [0.29, 0.717) is 5.69 Å². The van der Waals surface area contributed by atoms with Gasteiger partial charge in [-0.3, -0.25) is 9.51 Å². The highest BCUT2D eigenvalue weighted by Gasteiger charge is 2.21. The lowest BCUT2D eigenvalue weighted by Crippen LogP contribution is -2.26. The van der Waals surface area contributed by atoms with E-state index in [-0.39, 0.29) is 15.8 Å². The van der Waals surface area contributed by atoms with Crippen LogP contribution in [0.15, 0.2) is 53.4 Å². The summed E-state index contributed by atoms with van der Waals surface area (Å²) in [5.41, 5.74) is 1.54. The van der Waals surface area contributed by atoms with Crippen LogP contribution in [0.2, 0.25) is 0 Å². The first-order valence-electron chi connectivity index (χ1n) is 6.14. The molecule has 112 valence electrons. The molecule has 0 aliphatic rings. The van der Waals surface area contributed by atoms with Gasteiger partial charge >= 0.3 is 0 Å². The summed E-state index contributed by atoms with van der Waals surface area (Å²) in [5.74, 6) is 0. The van der Waals surface area contributed by atoms with Gasteiger partial charge in [0.1, 0.15) is 0 Å². The maximum absolute atomic E-state index is 12.5. The SMILES string of the molecule is Cc1ccc(N(C)S(=O)(=O)c2ccc(N([O-])O)cc2)cc1. The van der Waals surface area contributed by atoms with E-state index in [2.05, 4.69) is 0 Å². The Labute approximate surface area is 123 Å². The Morgan fingerprint density at radius 3 is 1.90 bits per heavy atom. The minimum absolute atomic E-state index is 0.0352. The zero-order chi connectivity index (χ0) is 15.6. The van der Waals surface area contributed by atoms with Crippen LogP contribution in [0.3, 0.4) is 0 Å². The summed E-state index contributed by atoms with van der Waals surface area (Å²) in [6.07, 6.45) is 0. The Kier molecular flexibility index (Phi) is 4.17. The summed E-state index contributed by atoms with van der Waals surface area (Å²) < 4.78 is 26.1. The van der Waals surface area contributed by atoms with Gasteiger partial charge in [-0.25, -0.2) is 8.42 Å². The highest BCUT2D eigenvalue weighted by molar-refractivity contribution is 7.92. The molecule has 0 amide bonds. The zero-order valence-corrected chi connectivity index (χ0v) is 12.4. The van der Waals surface area contributed by atoms with E-state index in [1.807, 2.05) is 19.1 Å². The highest BCUT2D eigenvalue weighted by atomic mass is 32.2. The fourth-order valence-electron chi connectivity index (χ4n) is 1.80. The molecular weight excluding hydrogens is 292 g/mol. The molecule has 1 N–H and O–H groups in total. The van der Waals surface area contributed by atoms with Crippen LogP contribution in [0.1, 0.15) is 5.56 Å². The molecule has 21 heavy (non-hydrogen) atoms. The minimum atomic E-state index is -3.72. The van der Waals surface area contributed by atoms with Crippen LogP contribution >= 0.6 is 0 Å². The zero-order valence-electron chi connectivity index (χ0n) is 11.6. The van der Waals surface area contributed by atoms with Crippen molar-refractivity contribution in [1.82, 2.24) is 0 Å². The van der Waals surface area contributed by atoms with Gasteiger partial charge in [-0.15, -0.1) is 0 Å². The molecule has 0 aromatic heterocycles. The summed E-state index contributed by atoms with van der Waals surface area (Å²) in [5, 5.41) is 19.1. The lowest BCUT2D eigenvalue weighted by atomic mass is 10.2. The van der Waals surface area contributed by atoms with Gasteiger partial charge in [0.25, 0.3) is 10.0 Å². The largest absolute Gasteiger partial charge is 0.733 e. The number of aryl methyl sites for hydroxylation is 1. The van der Waals surface area contributed by atoms with Gasteiger partial charge < -0.3 is 10.4 Å². The minimum Gasteiger partial charge on any atom is -0.733 e. The molecule has 2 aromatic rings. The van der Waals surface area contributed by atoms with E-state index < -0.39 is 10.0 Å². The second-order valence-corrected chi connectivity index (χ2v) is 6.54. The molecule has 0 radical (unpaired) electrons. The molecule has 0 unspecified atom stereocenters. The van der Waals surface area contributed by atoms with Crippen LogP contribution in [0.4, 0.5) is 11.4 Å². The Morgan fingerprint density at radius 1 is 0.952 bits per heavy atom. The topological polar surface area (TPSA) is 83.9 Å². The van der Waals surface area contributed by atoms with Crippen molar-refractivity contribution in [2.75, 3.05) is 16.6 Å². The molecule has 0 aliphatic heterocycles. The smallest absolute Gasteiger partial charge is 0.264 e. The first-order valence-corrected chi connectivity index (χ1v) is 7.58. The van der Waals surface area contributed by atoms with Crippen molar-refractivity contribution in [3.05, 3.63) is 59.3 Å². The van der Waals surface area contributed by atoms with Crippen molar-refractivity contribution >= 4 is 21.4 Å². The number of hydrogen-bond donors (Lipinski definition) is 1. The number of anilines is 2. The second-order valence-electron chi connectivity index (χ2n) is 4.57. The van der Waals surface area contributed by atoms with Crippen molar-refractivity contribution in [2.24, 2.45) is 0 Å². The van der Waals surface area contributed by atoms with Crippen LogP contribution in [-0.2, 0) is 10.0 Å². The standard InChI is InChI=1S/C14H15N2O4S/c1-11-3-5-12(6-4-11)15(2)21(19,20)14-9-7-13(8-10-14)16(17)18/h3-10,17H,1-2H3/q-1. The van der Waals surface area contributed by atoms with Crippen molar-refractivity contribution in [3.8, 4) is 0 Å². The molecule has 7 heteroatoms. The van der Waals surface area contributed by atoms with Gasteiger partial charge in [0.2, 0.25) is 0 Å². The number of nitrogens with zero attached hydrogens (tertiary/aromatic N) is 2. The number of rotatable bonds is 4. The monoisotopic (exact) mass is 307 g/mol. The lowest BCUT2D eigenvalue weighted by Gasteiger charge is -2.23. The molecule has 6 nitrogen and oxygen atoms in total. The maximum Gasteiger partial charge on any atom is 0.264 e. The molecule has 0 fully saturated rings. The van der Waals surface area contributed by atoms with Crippen molar-refractivity contribution < 1.29 is 13.6 Å². The number of sulfonamides is 1. The predicted octanol–water partition coefficient (Wildman–Crippen LogP) is 2.51. The Balaban J connectivity index is 2.34. The van der Waals surface area contributed by atoms with E-state index in [0.717, 1.165) is 9.87 Å². The molecule has 0 saturated heterocycles. The van der Waals surface area contributed by atoms with Crippen LogP contribution in [0.25, 0.3) is 0 Å². The molecular formula is C14H15N2O4S-. The van der Waals surface area contributed by atoms with Crippen LogP contribution < -0.4 is 9.53 Å². The fraction of sp³-hybridized carbons (Fsp3) is 0.143. The second kappa shape index (κ2) is 5.72. The van der Waals surface area contributed by atoms with Gasteiger partial charge in [0, 0.05) is 7.05 Å². The molecule has 0 saturated carbocycles. The van der Waals surface area contributed by atoms with E-state index in [9.17, 15) is 13.6 Å². The molecule has 2 aromatic carbocycles. The van der Waals surface area contributed by atoms with Crippen molar-refractivity contribution in [1.29, 1.82) is 0 Å². The normalized spacial score (nSPS) is 11.2. The molecule has 0 spiro atoms. The van der Waals surface area contributed by atoms with Gasteiger partial charge in [-0.05, 0) is 43.3 Å². The average molecular weight is 307 g/mol. The third kappa shape index (κ3) is 3.15. The summed E-state index contributed by atoms with van der Waals surface area (Å²) in [6, 6.07) is 12.1. The fourth-order valence-corrected chi connectivity index (χ4v) is 2.99. The van der Waals surface area contributed by atoms with E-state index >= 15 is 0 Å². The average Bonchev–Trinajstić information content (AvgIpc) is 2.47. The van der Waals surface area contributed by atoms with Gasteiger partial charge in [0.15, 0.2) is 0 Å². The third-order valence-electron chi connectivity index (χ3n) is 3.11. The molecule has 0 aliphatic carbocycles. The van der Waals surface area contributed by atoms with E-state index in [4.69, 9.17) is 5.21 Å². The molecule has 2 rings (SSSR count). The van der Waals surface area contributed by atoms with Crippen molar-refractivity contribution in [2.45, 2.75) is 11.8 Å². The lowest BCUT2D eigenvalue weighted by molar-refractivity contribution is 0.296. The Bertz CT molecular complexity index is 710. The summed E-state index contributed by atoms with van der Waals surface area (Å²) >= 11 is 0. The van der Waals surface area contributed by atoms with Gasteiger partial charge in [-0.1, -0.05) is 17.7 Å². The Hall–Kier alpha value is -2.09. The van der Waals surface area contributed by atoms with Gasteiger partial charge in [-0.2, -0.15) is 0 Å². The summed E-state index contributed by atoms with van der Waals surface area (Å²) in [6.45, 7) is 1.92. The molecule has 0 bridgehead atoms. The third-order valence-corrected chi connectivity index (χ3v) is 4.91. The quantitative estimate of drug-likeness (QED) is 0.877. The van der Waals surface area contributed by atoms with E-state index in [1.54, 1.807) is 12.1 Å². The maximum atomic E-state index is 12.5. The predicted molar refractivity (Wildman–Crippen MR) is 80.8 cm³/mol. The number of hydrogen-bond acceptors (Lipinski definition) is 5. The van der Waals surface area contributed by atoms with Crippen LogP contribution in [-0.4, -0.2) is 20.7 Å². The van der Waals surface area contributed by atoms with Crippen LogP contribution in [0.5, 0.6) is 0 Å². The van der Waals surface area contributed by atoms with Crippen molar-refractivity contribution in [3.63, 3.8) is 0 Å². The first kappa shape index (κ1) is 15.3. The first-order chi connectivity index (χ1) is 9.82. The van der Waals surface area contributed by atoms with Crippen LogP contribution in [0, 0.1) is 12.1 Å². The number of benzene rings is 2. The molecule has 0 heterocycles. The summed E-state index contributed by atoms with van der Waals surface area (Å²) in [7, 11) is -2.26. The molecule has 0 atom stereocenters.